The Morgan fingerprint density at radius 1 is 1.61 bits per heavy atom. The van der Waals surface area contributed by atoms with Gasteiger partial charge in [0.25, 0.3) is 0 Å². The number of piperazine rings is 1. The van der Waals surface area contributed by atoms with Gasteiger partial charge in [0.1, 0.15) is 11.8 Å². The van der Waals surface area contributed by atoms with Crippen LogP contribution in [0.4, 0.5) is 0 Å². The maximum Gasteiger partial charge on any atom is 0.322 e. The van der Waals surface area contributed by atoms with Crippen LogP contribution in [0.3, 0.4) is 0 Å². The van der Waals surface area contributed by atoms with Crippen LogP contribution in [-0.4, -0.2) is 51.7 Å². The minimum atomic E-state index is -0.852. The van der Waals surface area contributed by atoms with Crippen molar-refractivity contribution in [1.82, 2.24) is 15.2 Å². The molecule has 1 fully saturated rings. The van der Waals surface area contributed by atoms with E-state index in [1.165, 1.54) is 0 Å². The Morgan fingerprint density at radius 3 is 3.11 bits per heavy atom. The lowest BCUT2D eigenvalue weighted by Crippen LogP contribution is -2.54. The Morgan fingerprint density at radius 2 is 2.39 bits per heavy atom. The summed E-state index contributed by atoms with van der Waals surface area (Å²) in [6.07, 6.45) is 0. The number of hydrogen-bond donors (Lipinski definition) is 3. The van der Waals surface area contributed by atoms with Crippen molar-refractivity contribution in [1.29, 1.82) is 0 Å². The van der Waals surface area contributed by atoms with Crippen LogP contribution >= 0.6 is 0 Å². The highest BCUT2D eigenvalue weighted by Crippen LogP contribution is 2.18. The molecule has 0 spiro atoms. The van der Waals surface area contributed by atoms with E-state index in [9.17, 15) is 9.90 Å². The number of rotatable bonds is 3. The quantitative estimate of drug-likeness (QED) is 0.698. The van der Waals surface area contributed by atoms with Crippen LogP contribution in [0.5, 0.6) is 5.75 Å². The fourth-order valence-electron chi connectivity index (χ4n) is 2.09. The van der Waals surface area contributed by atoms with Crippen molar-refractivity contribution in [2.45, 2.75) is 19.5 Å². The van der Waals surface area contributed by atoms with Gasteiger partial charge in [0.05, 0.1) is 5.69 Å². The van der Waals surface area contributed by atoms with Crippen molar-refractivity contribution in [3.8, 4) is 5.75 Å². The Balaban J connectivity index is 2.15. The van der Waals surface area contributed by atoms with Gasteiger partial charge in [-0.15, -0.1) is 0 Å². The largest absolute Gasteiger partial charge is 0.506 e. The molecule has 3 N–H and O–H groups in total. The summed E-state index contributed by atoms with van der Waals surface area (Å²) < 4.78 is 0. The molecule has 0 radical (unpaired) electrons. The third kappa shape index (κ3) is 2.77. The van der Waals surface area contributed by atoms with Crippen LogP contribution in [-0.2, 0) is 11.3 Å². The number of carboxylic acids is 1. The molecule has 1 unspecified atom stereocenters. The summed E-state index contributed by atoms with van der Waals surface area (Å²) in [4.78, 5) is 17.2. The van der Waals surface area contributed by atoms with Gasteiger partial charge < -0.3 is 15.5 Å². The van der Waals surface area contributed by atoms with Gasteiger partial charge >= 0.3 is 5.97 Å². The minimum absolute atomic E-state index is 0.114. The lowest BCUT2D eigenvalue weighted by molar-refractivity contribution is -0.144. The predicted molar refractivity (Wildman–Crippen MR) is 65.3 cm³/mol. The number of nitrogens with one attached hydrogen (secondary N) is 1. The number of carbonyl (C=O) groups is 1. The number of aryl methyl sites for hydroxylation is 1. The maximum atomic E-state index is 11.1. The molecule has 0 bridgehead atoms. The summed E-state index contributed by atoms with van der Waals surface area (Å²) in [7, 11) is 0. The zero-order chi connectivity index (χ0) is 13.1. The van der Waals surface area contributed by atoms with Gasteiger partial charge in [0.2, 0.25) is 0 Å². The van der Waals surface area contributed by atoms with Gasteiger partial charge in [-0.3, -0.25) is 14.7 Å². The SMILES string of the molecule is Cc1ccc(O)c(CN2CCNCC2C(=O)O)n1. The van der Waals surface area contributed by atoms with Gasteiger partial charge in [-0.05, 0) is 19.1 Å². The summed E-state index contributed by atoms with van der Waals surface area (Å²) in [5.41, 5.74) is 1.34. The van der Waals surface area contributed by atoms with Crippen LogP contribution in [0.2, 0.25) is 0 Å². The van der Waals surface area contributed by atoms with E-state index < -0.39 is 12.0 Å². The molecule has 1 aromatic rings. The molecular weight excluding hydrogens is 234 g/mol. The van der Waals surface area contributed by atoms with Crippen molar-refractivity contribution in [2.75, 3.05) is 19.6 Å². The van der Waals surface area contributed by atoms with Gasteiger partial charge in [-0.1, -0.05) is 0 Å². The molecule has 6 nitrogen and oxygen atoms in total. The van der Waals surface area contributed by atoms with Crippen LogP contribution in [0.15, 0.2) is 12.1 Å². The second-order valence-corrected chi connectivity index (χ2v) is 4.45. The highest BCUT2D eigenvalue weighted by atomic mass is 16.4. The summed E-state index contributed by atoms with van der Waals surface area (Å²) in [6.45, 7) is 3.99. The molecule has 0 amide bonds. The third-order valence-electron chi connectivity index (χ3n) is 3.08. The first-order valence-electron chi connectivity index (χ1n) is 5.91. The lowest BCUT2D eigenvalue weighted by Gasteiger charge is -2.33. The number of pyridine rings is 1. The van der Waals surface area contributed by atoms with E-state index in [1.54, 1.807) is 12.1 Å². The zero-order valence-electron chi connectivity index (χ0n) is 10.3. The van der Waals surface area contributed by atoms with Crippen molar-refractivity contribution in [3.05, 3.63) is 23.5 Å². The molecule has 6 heteroatoms. The van der Waals surface area contributed by atoms with Gasteiger partial charge in [-0.2, -0.15) is 0 Å². The molecule has 2 heterocycles. The molecule has 2 rings (SSSR count). The first-order valence-corrected chi connectivity index (χ1v) is 5.91. The summed E-state index contributed by atoms with van der Waals surface area (Å²) in [6, 6.07) is 2.75. The summed E-state index contributed by atoms with van der Waals surface area (Å²) in [5.74, 6) is -0.738. The highest BCUT2D eigenvalue weighted by Gasteiger charge is 2.29. The number of carboxylic acid groups (broad SMARTS) is 1. The van der Waals surface area contributed by atoms with Crippen molar-refractivity contribution < 1.29 is 15.0 Å². The number of nitrogens with zero attached hydrogens (tertiary/aromatic N) is 2. The monoisotopic (exact) mass is 251 g/mol. The molecule has 0 saturated carbocycles. The second-order valence-electron chi connectivity index (χ2n) is 4.45. The Hall–Kier alpha value is -1.66. The van der Waals surface area contributed by atoms with Crippen LogP contribution in [0.1, 0.15) is 11.4 Å². The molecule has 1 aliphatic heterocycles. The van der Waals surface area contributed by atoms with E-state index in [4.69, 9.17) is 5.11 Å². The van der Waals surface area contributed by atoms with E-state index >= 15 is 0 Å². The summed E-state index contributed by atoms with van der Waals surface area (Å²) >= 11 is 0. The standard InChI is InChI=1S/C12H17N3O3/c1-8-2-3-11(16)9(14-8)7-15-5-4-13-6-10(15)12(17)18/h2-3,10,13,16H,4-7H2,1H3,(H,17,18). The third-order valence-corrected chi connectivity index (χ3v) is 3.08. The fourth-order valence-corrected chi connectivity index (χ4v) is 2.09. The smallest absolute Gasteiger partial charge is 0.322 e. The number of hydrogen-bond acceptors (Lipinski definition) is 5. The van der Waals surface area contributed by atoms with Crippen molar-refractivity contribution in [3.63, 3.8) is 0 Å². The van der Waals surface area contributed by atoms with Gasteiger partial charge in [-0.25, -0.2) is 0 Å². The normalized spacial score (nSPS) is 20.8. The minimum Gasteiger partial charge on any atom is -0.506 e. The predicted octanol–water partition coefficient (Wildman–Crippen LogP) is -0.0460. The van der Waals surface area contributed by atoms with Crippen molar-refractivity contribution in [2.24, 2.45) is 0 Å². The van der Waals surface area contributed by atoms with E-state index in [0.29, 0.717) is 25.3 Å². The first kappa shape index (κ1) is 12.8. The topological polar surface area (TPSA) is 85.7 Å². The van der Waals surface area contributed by atoms with E-state index in [2.05, 4.69) is 10.3 Å². The Kier molecular flexibility index (Phi) is 3.78. The average molecular weight is 251 g/mol. The number of aliphatic carboxylic acids is 1. The van der Waals surface area contributed by atoms with Gasteiger partial charge in [0, 0.05) is 31.9 Å². The summed E-state index contributed by atoms with van der Waals surface area (Å²) in [5, 5.41) is 21.9. The lowest BCUT2D eigenvalue weighted by atomic mass is 10.1. The zero-order valence-corrected chi connectivity index (χ0v) is 10.3. The van der Waals surface area contributed by atoms with E-state index in [0.717, 1.165) is 12.2 Å². The maximum absolute atomic E-state index is 11.1. The van der Waals surface area contributed by atoms with Gasteiger partial charge in [0.15, 0.2) is 0 Å². The highest BCUT2D eigenvalue weighted by molar-refractivity contribution is 5.74. The molecule has 98 valence electrons. The van der Waals surface area contributed by atoms with Crippen LogP contribution in [0.25, 0.3) is 0 Å². The first-order chi connectivity index (χ1) is 8.58. The Bertz CT molecular complexity index is 450. The molecule has 0 aromatic carbocycles. The van der Waals surface area contributed by atoms with Crippen molar-refractivity contribution >= 4 is 5.97 Å². The fraction of sp³-hybridized carbons (Fsp3) is 0.500. The number of aromatic hydroxyl groups is 1. The molecule has 0 aliphatic carbocycles. The molecule has 18 heavy (non-hydrogen) atoms. The number of aromatic nitrogens is 1. The molecule has 1 aliphatic rings. The average Bonchev–Trinajstić information content (AvgIpc) is 2.34. The Labute approximate surface area is 105 Å². The van der Waals surface area contributed by atoms with E-state index in [1.807, 2.05) is 11.8 Å². The molecule has 1 aromatic heterocycles. The van der Waals surface area contributed by atoms with Crippen LogP contribution < -0.4 is 5.32 Å². The van der Waals surface area contributed by atoms with E-state index in [-0.39, 0.29) is 5.75 Å². The molecule has 1 atom stereocenters. The van der Waals surface area contributed by atoms with Crippen LogP contribution in [0, 0.1) is 6.92 Å². The molecule has 1 saturated heterocycles. The second kappa shape index (κ2) is 5.32. The molecular formula is C12H17N3O3.